The minimum atomic E-state index is -0.0627. The zero-order chi connectivity index (χ0) is 42.9. The van der Waals surface area contributed by atoms with E-state index in [9.17, 15) is 0 Å². The molecule has 0 N–H and O–H groups in total. The normalized spacial score (nSPS) is 13.0. The average molecular weight is 846 g/mol. The van der Waals surface area contributed by atoms with Gasteiger partial charge in [-0.3, -0.25) is 0 Å². The van der Waals surface area contributed by atoms with Gasteiger partial charge in [-0.05, 0) is 107 Å². The van der Waals surface area contributed by atoms with Gasteiger partial charge in [0.15, 0.2) is 0 Å². The van der Waals surface area contributed by atoms with Gasteiger partial charge in [-0.1, -0.05) is 187 Å². The van der Waals surface area contributed by atoms with Gasteiger partial charge in [0.05, 0.1) is 22.8 Å². The van der Waals surface area contributed by atoms with Crippen molar-refractivity contribution in [1.82, 2.24) is 19.9 Å². The second-order valence-electron chi connectivity index (χ2n) is 20.7. The summed E-state index contributed by atoms with van der Waals surface area (Å²) in [7, 11) is 0. The summed E-state index contributed by atoms with van der Waals surface area (Å²) in [5.74, 6) is 0. The summed E-state index contributed by atoms with van der Waals surface area (Å²) < 4.78 is 0. The zero-order valence-corrected chi connectivity index (χ0v) is 38.8. The molecule has 5 heterocycles. The predicted octanol–water partition coefficient (Wildman–Crippen LogP) is 14.5. The van der Waals surface area contributed by atoms with Crippen LogP contribution < -0.4 is 9.97 Å². The Hall–Kier alpha value is -5.51. The number of aromatic nitrogens is 4. The Morgan fingerprint density at radius 2 is 0.902 bits per heavy atom. The van der Waals surface area contributed by atoms with Crippen LogP contribution in [0.1, 0.15) is 139 Å². The molecular formula is C56H58N4Ni. The minimum absolute atomic E-state index is 0. The van der Waals surface area contributed by atoms with Gasteiger partial charge >= 0.3 is 16.5 Å². The van der Waals surface area contributed by atoms with Gasteiger partial charge in [0.1, 0.15) is 0 Å². The van der Waals surface area contributed by atoms with Gasteiger partial charge in [0.25, 0.3) is 0 Å². The van der Waals surface area contributed by atoms with Crippen LogP contribution in [0.5, 0.6) is 0 Å². The van der Waals surface area contributed by atoms with E-state index in [1.165, 1.54) is 22.3 Å². The van der Waals surface area contributed by atoms with Gasteiger partial charge in [-0.2, -0.15) is 0 Å². The van der Waals surface area contributed by atoms with Crippen molar-refractivity contribution in [2.75, 3.05) is 0 Å². The minimum Gasteiger partial charge on any atom is -0.657 e. The molecule has 3 aromatic heterocycles. The largest absolute Gasteiger partial charge is 2.00 e. The maximum Gasteiger partial charge on any atom is 2.00 e. The molecule has 0 radical (unpaired) electrons. The van der Waals surface area contributed by atoms with Crippen LogP contribution in [0.2, 0.25) is 0 Å². The number of benzene rings is 3. The van der Waals surface area contributed by atoms with Crippen molar-refractivity contribution >= 4 is 51.9 Å². The molecule has 0 saturated heterocycles. The smallest absolute Gasteiger partial charge is 0.657 e. The molecule has 8 rings (SSSR count). The van der Waals surface area contributed by atoms with Crippen LogP contribution in [0.3, 0.4) is 0 Å². The Labute approximate surface area is 373 Å². The maximum atomic E-state index is 5.50. The summed E-state index contributed by atoms with van der Waals surface area (Å²) in [5, 5.41) is 0. The Morgan fingerprint density at radius 3 is 1.43 bits per heavy atom. The van der Waals surface area contributed by atoms with Crippen molar-refractivity contribution in [3.8, 4) is 22.3 Å². The van der Waals surface area contributed by atoms with E-state index in [0.717, 1.165) is 83.8 Å². The number of hydrogen-bond donors (Lipinski definition) is 0. The van der Waals surface area contributed by atoms with E-state index in [4.69, 9.17) is 26.5 Å². The zero-order valence-electron chi connectivity index (χ0n) is 37.9. The summed E-state index contributed by atoms with van der Waals surface area (Å²) in [5.41, 5.74) is 18.6. The van der Waals surface area contributed by atoms with Crippen molar-refractivity contribution in [2.45, 2.75) is 105 Å². The first kappa shape index (κ1) is 43.6. The summed E-state index contributed by atoms with van der Waals surface area (Å²) in [6.45, 7) is 32.1. The first-order chi connectivity index (χ1) is 28.1. The Kier molecular flexibility index (Phi) is 11.3. The van der Waals surface area contributed by atoms with Crippen LogP contribution in [-0.4, -0.2) is 9.97 Å². The van der Waals surface area contributed by atoms with Crippen LogP contribution in [0.15, 0.2) is 104 Å². The molecule has 0 saturated carbocycles. The topological polar surface area (TPSA) is 54.0 Å². The van der Waals surface area contributed by atoms with Gasteiger partial charge in [-0.25, -0.2) is 9.97 Å². The molecule has 0 spiro atoms. The van der Waals surface area contributed by atoms with E-state index in [1.54, 1.807) is 0 Å². The molecule has 6 aromatic rings. The molecule has 0 fully saturated rings. The van der Waals surface area contributed by atoms with Crippen molar-refractivity contribution in [1.29, 1.82) is 0 Å². The quantitative estimate of drug-likeness (QED) is 0.166. The van der Waals surface area contributed by atoms with E-state index >= 15 is 0 Å². The van der Waals surface area contributed by atoms with Gasteiger partial charge in [-0.15, -0.1) is 22.1 Å². The van der Waals surface area contributed by atoms with Crippen molar-refractivity contribution in [2.24, 2.45) is 0 Å². The molecule has 2 aliphatic heterocycles. The summed E-state index contributed by atoms with van der Waals surface area (Å²) in [4.78, 5) is 21.6. The summed E-state index contributed by atoms with van der Waals surface area (Å²) >= 11 is 0. The van der Waals surface area contributed by atoms with E-state index in [1.807, 2.05) is 6.07 Å². The van der Waals surface area contributed by atoms with E-state index in [-0.39, 0.29) is 38.2 Å². The van der Waals surface area contributed by atoms with Crippen molar-refractivity contribution in [3.63, 3.8) is 0 Å². The molecular weight excluding hydrogens is 787 g/mol. The van der Waals surface area contributed by atoms with Gasteiger partial charge < -0.3 is 9.97 Å². The molecule has 3 aromatic carbocycles. The molecule has 2 aliphatic rings. The fraction of sp³-hybridized carbons (Fsp3) is 0.286. The maximum absolute atomic E-state index is 5.50. The van der Waals surface area contributed by atoms with Crippen LogP contribution in [0.4, 0.5) is 0 Å². The van der Waals surface area contributed by atoms with E-state index < -0.39 is 0 Å². The Balaban J connectivity index is 0.00000561. The fourth-order valence-electron chi connectivity index (χ4n) is 7.98. The van der Waals surface area contributed by atoms with Gasteiger partial charge in [0, 0.05) is 0 Å². The molecule has 312 valence electrons. The van der Waals surface area contributed by atoms with E-state index in [0.29, 0.717) is 0 Å². The average Bonchev–Trinajstić information content (AvgIpc) is 4.01. The van der Waals surface area contributed by atoms with Gasteiger partial charge in [0.2, 0.25) is 0 Å². The second kappa shape index (κ2) is 15.8. The van der Waals surface area contributed by atoms with Crippen LogP contribution >= 0.6 is 0 Å². The molecule has 0 amide bonds. The molecule has 61 heavy (non-hydrogen) atoms. The predicted molar refractivity (Wildman–Crippen MR) is 257 cm³/mol. The van der Waals surface area contributed by atoms with Crippen LogP contribution in [-0.2, 0) is 38.2 Å². The molecule has 4 nitrogen and oxygen atoms in total. The Morgan fingerprint density at radius 1 is 0.459 bits per heavy atom. The van der Waals surface area contributed by atoms with Crippen LogP contribution in [0, 0.1) is 0 Å². The molecule has 0 aliphatic carbocycles. The molecule has 0 atom stereocenters. The first-order valence-corrected chi connectivity index (χ1v) is 21.2. The van der Waals surface area contributed by atoms with Crippen molar-refractivity contribution in [3.05, 3.63) is 160 Å². The standard InChI is InChI=1S/C56H58N4.Ni/c1-34(35-17-15-14-16-18-35)50-44-23-25-48(59-44)51(36-27-38(53(2,3)4)31-39(28-36)54(5,6)7)46-21-19-42(57-46)33-43-20-22-47(58-43)52(49-26-24-45(50)60-49)37-29-40(55(8,9)10)32-41(30-37)56(11,12)13;/h14-33H,1H2,2-13H3;/q-2;+2. The Bertz CT molecular complexity index is 2770. The van der Waals surface area contributed by atoms with Crippen molar-refractivity contribution < 1.29 is 16.5 Å². The number of rotatable bonds is 4. The molecule has 5 heteroatoms. The third kappa shape index (κ3) is 8.82. The number of fused-ring (bicyclic) bond motifs is 8. The monoisotopic (exact) mass is 844 g/mol. The van der Waals surface area contributed by atoms with E-state index in [2.05, 4.69) is 198 Å². The third-order valence-corrected chi connectivity index (χ3v) is 11.8. The number of hydrogen-bond acceptors (Lipinski definition) is 2. The summed E-state index contributed by atoms with van der Waals surface area (Å²) in [6, 6.07) is 35.0. The SMILES string of the molecule is C=C(c1ccccc1)c1c2nc(c(-c3cc(C(C)(C)C)cc(C(C)(C)C)c3)c3ccc(cc4nc(c(-c5cc(C(C)(C)C)cc(C(C)(C)C)c5)c5ccc1[n-]5)C=C4)[n-]3)C=C2.[Ni+2]. The summed E-state index contributed by atoms with van der Waals surface area (Å²) in [6.07, 6.45) is 8.48. The fourth-order valence-corrected chi connectivity index (χ4v) is 7.98. The van der Waals surface area contributed by atoms with Crippen LogP contribution in [0.25, 0.3) is 74.2 Å². The third-order valence-electron chi connectivity index (χ3n) is 11.8. The first-order valence-electron chi connectivity index (χ1n) is 21.2. The molecule has 8 bridgehead atoms. The molecule has 0 unspecified atom stereocenters. The number of nitrogens with zero attached hydrogens (tertiary/aromatic N) is 4. The second-order valence-corrected chi connectivity index (χ2v) is 20.7.